The summed E-state index contributed by atoms with van der Waals surface area (Å²) in [4.78, 5) is 13.2. The van der Waals surface area contributed by atoms with Crippen LogP contribution >= 0.6 is 28.1 Å². The van der Waals surface area contributed by atoms with Gasteiger partial charge in [0.15, 0.2) is 5.11 Å². The highest BCUT2D eigenvalue weighted by atomic mass is 79.9. The first-order valence-corrected chi connectivity index (χ1v) is 10.1. The molecule has 28 heavy (non-hydrogen) atoms. The van der Waals surface area contributed by atoms with Crippen molar-refractivity contribution in [2.45, 2.75) is 13.0 Å². The van der Waals surface area contributed by atoms with Gasteiger partial charge in [-0.25, -0.2) is 0 Å². The van der Waals surface area contributed by atoms with Crippen molar-refractivity contribution in [3.05, 3.63) is 88.0 Å². The Morgan fingerprint density at radius 2 is 1.75 bits per heavy atom. The van der Waals surface area contributed by atoms with E-state index in [9.17, 15) is 4.79 Å². The minimum absolute atomic E-state index is 0.166. The summed E-state index contributed by atoms with van der Waals surface area (Å²) in [6.45, 7) is 1.88. The molecule has 0 bridgehead atoms. The zero-order valence-electron chi connectivity index (χ0n) is 15.1. The summed E-state index contributed by atoms with van der Waals surface area (Å²) in [5, 5.41) is 12.1. The van der Waals surface area contributed by atoms with E-state index in [1.807, 2.05) is 55.5 Å². The molecule has 1 aliphatic rings. The third-order valence-electron chi connectivity index (χ3n) is 4.75. The number of allylic oxidation sites excluding steroid dienone is 1. The summed E-state index contributed by atoms with van der Waals surface area (Å²) >= 11 is 8.78. The van der Waals surface area contributed by atoms with Crippen LogP contribution in [-0.2, 0) is 4.79 Å². The molecule has 4 nitrogen and oxygen atoms in total. The highest BCUT2D eigenvalue weighted by Gasteiger charge is 2.30. The lowest BCUT2D eigenvalue weighted by Crippen LogP contribution is -2.45. The number of thiocarbonyl (C=S) groups is 1. The molecule has 0 spiro atoms. The second-order valence-corrected chi connectivity index (χ2v) is 7.92. The van der Waals surface area contributed by atoms with Crippen LogP contribution in [0.25, 0.3) is 10.8 Å². The molecule has 0 radical (unpaired) electrons. The number of hydrogen-bond acceptors (Lipinski definition) is 2. The lowest BCUT2D eigenvalue weighted by molar-refractivity contribution is -0.113. The number of carbonyl (C=O) groups is 1. The molecular weight excluding hydrogens is 434 g/mol. The lowest BCUT2D eigenvalue weighted by Gasteiger charge is -2.31. The summed E-state index contributed by atoms with van der Waals surface area (Å²) in [6, 6.07) is 21.4. The normalized spacial score (nSPS) is 16.5. The molecule has 140 valence electrons. The number of carbonyl (C=O) groups excluding carboxylic acids is 1. The Hall–Kier alpha value is -2.70. The van der Waals surface area contributed by atoms with Crippen molar-refractivity contribution in [3.8, 4) is 0 Å². The first-order valence-electron chi connectivity index (χ1n) is 8.86. The maximum Gasteiger partial charge on any atom is 0.255 e. The largest absolute Gasteiger partial charge is 0.351 e. The zero-order chi connectivity index (χ0) is 19.7. The fraction of sp³-hybridized carbons (Fsp3) is 0.0909. The smallest absolute Gasteiger partial charge is 0.255 e. The monoisotopic (exact) mass is 451 g/mol. The van der Waals surface area contributed by atoms with Gasteiger partial charge in [0, 0.05) is 15.9 Å². The molecule has 1 atom stereocenters. The fourth-order valence-electron chi connectivity index (χ4n) is 3.46. The van der Waals surface area contributed by atoms with Crippen LogP contribution in [0.2, 0.25) is 0 Å². The quantitative estimate of drug-likeness (QED) is 0.488. The summed E-state index contributed by atoms with van der Waals surface area (Å²) < 4.78 is 0.959. The van der Waals surface area contributed by atoms with E-state index in [0.29, 0.717) is 10.7 Å². The maximum atomic E-state index is 13.2. The van der Waals surface area contributed by atoms with Gasteiger partial charge in [-0.2, -0.15) is 0 Å². The van der Waals surface area contributed by atoms with Gasteiger partial charge in [0.05, 0.1) is 11.6 Å². The van der Waals surface area contributed by atoms with Gasteiger partial charge in [0.25, 0.3) is 5.91 Å². The second-order valence-electron chi connectivity index (χ2n) is 6.60. The standard InChI is InChI=1S/C22H18BrN3OS/c1-13-19(21(27)25-16-11-9-15(23)10-12-16)20(26-22(28)24-13)18-8-4-6-14-5-2-3-7-17(14)18/h2-12,20H,1H3,(H,25,27)(H2,24,26,28)/t20-/m1/s1. The van der Waals surface area contributed by atoms with Crippen molar-refractivity contribution in [2.24, 2.45) is 0 Å². The molecule has 3 N–H and O–H groups in total. The Bertz CT molecular complexity index is 1100. The highest BCUT2D eigenvalue weighted by Crippen LogP contribution is 2.32. The number of halogens is 1. The Balaban J connectivity index is 1.76. The first-order chi connectivity index (χ1) is 13.5. The van der Waals surface area contributed by atoms with Crippen LogP contribution in [0.5, 0.6) is 0 Å². The molecule has 4 rings (SSSR count). The predicted octanol–water partition coefficient (Wildman–Crippen LogP) is 5.03. The van der Waals surface area contributed by atoms with Crippen LogP contribution in [-0.4, -0.2) is 11.0 Å². The van der Waals surface area contributed by atoms with E-state index in [-0.39, 0.29) is 11.9 Å². The van der Waals surface area contributed by atoms with Gasteiger partial charge >= 0.3 is 0 Å². The minimum atomic E-state index is -0.338. The Morgan fingerprint density at radius 1 is 1.04 bits per heavy atom. The minimum Gasteiger partial charge on any atom is -0.351 e. The summed E-state index contributed by atoms with van der Waals surface area (Å²) in [7, 11) is 0. The summed E-state index contributed by atoms with van der Waals surface area (Å²) in [5.41, 5.74) is 3.12. The number of amides is 1. The predicted molar refractivity (Wildman–Crippen MR) is 121 cm³/mol. The van der Waals surface area contributed by atoms with E-state index in [4.69, 9.17) is 12.2 Å². The molecule has 3 aromatic rings. The van der Waals surface area contributed by atoms with Crippen LogP contribution in [0.15, 0.2) is 82.5 Å². The van der Waals surface area contributed by atoms with E-state index in [2.05, 4.69) is 50.1 Å². The topological polar surface area (TPSA) is 53.2 Å². The Kier molecular flexibility index (Phi) is 5.15. The number of nitrogens with one attached hydrogen (secondary N) is 3. The van der Waals surface area contributed by atoms with E-state index in [0.717, 1.165) is 32.2 Å². The van der Waals surface area contributed by atoms with Crippen LogP contribution in [0.3, 0.4) is 0 Å². The van der Waals surface area contributed by atoms with Gasteiger partial charge in [0.1, 0.15) is 0 Å². The molecular formula is C22H18BrN3OS. The number of benzene rings is 3. The lowest BCUT2D eigenvalue weighted by atomic mass is 9.91. The molecule has 0 unspecified atom stereocenters. The molecule has 0 saturated carbocycles. The average molecular weight is 452 g/mol. The molecule has 0 saturated heterocycles. The molecule has 0 aliphatic carbocycles. The van der Waals surface area contributed by atoms with Crippen molar-refractivity contribution >= 4 is 55.6 Å². The van der Waals surface area contributed by atoms with Gasteiger partial charge < -0.3 is 16.0 Å². The third kappa shape index (κ3) is 3.66. The fourth-order valence-corrected chi connectivity index (χ4v) is 4.00. The van der Waals surface area contributed by atoms with Gasteiger partial charge in [-0.05, 0) is 59.7 Å². The average Bonchev–Trinajstić information content (AvgIpc) is 2.68. The molecule has 0 aromatic heterocycles. The van der Waals surface area contributed by atoms with E-state index in [1.54, 1.807) is 0 Å². The molecule has 1 amide bonds. The van der Waals surface area contributed by atoms with Crippen LogP contribution in [0.4, 0.5) is 5.69 Å². The highest BCUT2D eigenvalue weighted by molar-refractivity contribution is 9.10. The number of anilines is 1. The number of fused-ring (bicyclic) bond motifs is 1. The summed E-state index contributed by atoms with van der Waals surface area (Å²) in [6.07, 6.45) is 0. The molecule has 3 aromatic carbocycles. The van der Waals surface area contributed by atoms with Crippen LogP contribution in [0.1, 0.15) is 18.5 Å². The van der Waals surface area contributed by atoms with Crippen molar-refractivity contribution in [2.75, 3.05) is 5.32 Å². The zero-order valence-corrected chi connectivity index (χ0v) is 17.5. The second kappa shape index (κ2) is 7.73. The van der Waals surface area contributed by atoms with Gasteiger partial charge in [-0.3, -0.25) is 4.79 Å². The van der Waals surface area contributed by atoms with E-state index >= 15 is 0 Å². The van der Waals surface area contributed by atoms with Gasteiger partial charge in [0.2, 0.25) is 0 Å². The molecule has 6 heteroatoms. The van der Waals surface area contributed by atoms with Crippen molar-refractivity contribution in [1.82, 2.24) is 10.6 Å². The third-order valence-corrected chi connectivity index (χ3v) is 5.50. The van der Waals surface area contributed by atoms with Gasteiger partial charge in [-0.15, -0.1) is 0 Å². The maximum absolute atomic E-state index is 13.2. The molecule has 0 fully saturated rings. The van der Waals surface area contributed by atoms with Crippen LogP contribution in [0, 0.1) is 0 Å². The Labute approximate surface area is 177 Å². The number of hydrogen-bond donors (Lipinski definition) is 3. The van der Waals surface area contributed by atoms with E-state index < -0.39 is 0 Å². The van der Waals surface area contributed by atoms with Crippen molar-refractivity contribution in [1.29, 1.82) is 0 Å². The Morgan fingerprint density at radius 3 is 2.54 bits per heavy atom. The number of rotatable bonds is 3. The molecule has 1 aliphatic heterocycles. The van der Waals surface area contributed by atoms with Crippen molar-refractivity contribution in [3.63, 3.8) is 0 Å². The van der Waals surface area contributed by atoms with Crippen LogP contribution < -0.4 is 16.0 Å². The molecule has 1 heterocycles. The summed E-state index contributed by atoms with van der Waals surface area (Å²) in [5.74, 6) is -0.166. The van der Waals surface area contributed by atoms with Crippen molar-refractivity contribution < 1.29 is 4.79 Å². The SMILES string of the molecule is CC1=C(C(=O)Nc2ccc(Br)cc2)[C@@H](c2cccc3ccccc23)NC(=S)N1. The first kappa shape index (κ1) is 18.7. The van der Waals surface area contributed by atoms with E-state index in [1.165, 1.54) is 0 Å². The van der Waals surface area contributed by atoms with Gasteiger partial charge in [-0.1, -0.05) is 58.4 Å².